The molecular weight excluding hydrogens is 426 g/mol. The van der Waals surface area contributed by atoms with Crippen LogP contribution in [0.1, 0.15) is 11.1 Å². The number of amides is 1. The number of para-hydroxylation sites is 1. The zero-order valence-electron chi connectivity index (χ0n) is 12.3. The van der Waals surface area contributed by atoms with Crippen LogP contribution in [0.25, 0.3) is 0 Å². The lowest BCUT2D eigenvalue weighted by Gasteiger charge is -2.11. The molecule has 0 aliphatic carbocycles. The number of benzene rings is 2. The van der Waals surface area contributed by atoms with Crippen LogP contribution in [0.5, 0.6) is 5.75 Å². The van der Waals surface area contributed by atoms with Gasteiger partial charge in [-0.25, -0.2) is 5.43 Å². The number of hydrazone groups is 1. The molecule has 5 nitrogen and oxygen atoms in total. The zero-order valence-corrected chi connectivity index (χ0v) is 15.5. The Morgan fingerprint density at radius 2 is 1.91 bits per heavy atom. The SMILES string of the molecule is Cc1cc(Br)c(NCC(=O)N/N=C\c2ccccc2O)c(Br)c1. The summed E-state index contributed by atoms with van der Waals surface area (Å²) in [5.74, 6) is -0.188. The van der Waals surface area contributed by atoms with Gasteiger partial charge in [0.2, 0.25) is 0 Å². The van der Waals surface area contributed by atoms with E-state index in [1.54, 1.807) is 24.3 Å². The van der Waals surface area contributed by atoms with Gasteiger partial charge in [0.15, 0.2) is 0 Å². The van der Waals surface area contributed by atoms with Gasteiger partial charge in [-0.1, -0.05) is 12.1 Å². The zero-order chi connectivity index (χ0) is 16.8. The number of halogens is 2. The second kappa shape index (κ2) is 8.12. The standard InChI is InChI=1S/C16H15Br2N3O2/c1-10-6-12(17)16(13(18)7-10)19-9-15(23)21-20-8-11-4-2-3-5-14(11)22/h2-8,19,22H,9H2,1H3,(H,21,23)/b20-8-. The quantitative estimate of drug-likeness (QED) is 0.489. The summed E-state index contributed by atoms with van der Waals surface area (Å²) in [4.78, 5) is 11.8. The number of nitrogens with one attached hydrogen (secondary N) is 2. The minimum Gasteiger partial charge on any atom is -0.507 e. The number of carbonyl (C=O) groups excluding carboxylic acids is 1. The van der Waals surface area contributed by atoms with E-state index in [1.165, 1.54) is 6.21 Å². The number of hydrogen-bond donors (Lipinski definition) is 3. The van der Waals surface area contributed by atoms with Gasteiger partial charge in [-0.05, 0) is 68.6 Å². The van der Waals surface area contributed by atoms with Gasteiger partial charge in [0, 0.05) is 14.5 Å². The maximum absolute atomic E-state index is 11.8. The average Bonchev–Trinajstić information content (AvgIpc) is 2.48. The van der Waals surface area contributed by atoms with Crippen molar-refractivity contribution >= 4 is 49.7 Å². The maximum Gasteiger partial charge on any atom is 0.259 e. The molecule has 3 N–H and O–H groups in total. The van der Waals surface area contributed by atoms with Crippen LogP contribution < -0.4 is 10.7 Å². The molecule has 2 aromatic carbocycles. The van der Waals surface area contributed by atoms with Crippen LogP contribution >= 0.6 is 31.9 Å². The molecule has 2 aromatic rings. The molecule has 0 atom stereocenters. The molecule has 0 unspecified atom stereocenters. The largest absolute Gasteiger partial charge is 0.507 e. The third kappa shape index (κ3) is 5.07. The molecule has 0 spiro atoms. The lowest BCUT2D eigenvalue weighted by molar-refractivity contribution is -0.119. The fourth-order valence-electron chi connectivity index (χ4n) is 1.85. The number of anilines is 1. The molecule has 0 aliphatic heterocycles. The third-order valence-electron chi connectivity index (χ3n) is 2.94. The highest BCUT2D eigenvalue weighted by Crippen LogP contribution is 2.32. The van der Waals surface area contributed by atoms with Crippen LogP contribution in [0.3, 0.4) is 0 Å². The van der Waals surface area contributed by atoms with Crippen molar-refractivity contribution in [2.24, 2.45) is 5.10 Å². The molecule has 0 saturated carbocycles. The highest BCUT2D eigenvalue weighted by Gasteiger charge is 2.07. The van der Waals surface area contributed by atoms with Crippen molar-refractivity contribution in [1.82, 2.24) is 5.43 Å². The van der Waals surface area contributed by atoms with E-state index in [0.29, 0.717) is 5.56 Å². The number of hydrogen-bond acceptors (Lipinski definition) is 4. The summed E-state index contributed by atoms with van der Waals surface area (Å²) in [7, 11) is 0. The van der Waals surface area contributed by atoms with Gasteiger partial charge in [-0.15, -0.1) is 0 Å². The second-order valence-corrected chi connectivity index (χ2v) is 6.52. The van der Waals surface area contributed by atoms with Crippen LogP contribution in [-0.2, 0) is 4.79 Å². The van der Waals surface area contributed by atoms with Crippen molar-refractivity contribution in [2.45, 2.75) is 6.92 Å². The Morgan fingerprint density at radius 1 is 1.26 bits per heavy atom. The summed E-state index contributed by atoms with van der Waals surface area (Å²) in [5, 5.41) is 16.4. The summed E-state index contributed by atoms with van der Waals surface area (Å²) < 4.78 is 1.74. The highest BCUT2D eigenvalue weighted by molar-refractivity contribution is 9.11. The maximum atomic E-state index is 11.8. The molecule has 1 amide bonds. The summed E-state index contributed by atoms with van der Waals surface area (Å²) in [6.07, 6.45) is 1.39. The number of aryl methyl sites for hydroxylation is 1. The second-order valence-electron chi connectivity index (χ2n) is 4.81. The molecule has 7 heteroatoms. The predicted octanol–water partition coefficient (Wildman–Crippen LogP) is 3.79. The molecular formula is C16H15Br2N3O2. The number of nitrogens with zero attached hydrogens (tertiary/aromatic N) is 1. The number of phenols is 1. The van der Waals surface area contributed by atoms with Gasteiger partial charge >= 0.3 is 0 Å². The van der Waals surface area contributed by atoms with Crippen LogP contribution in [0.4, 0.5) is 5.69 Å². The van der Waals surface area contributed by atoms with Crippen molar-refractivity contribution in [3.63, 3.8) is 0 Å². The van der Waals surface area contributed by atoms with Crippen LogP contribution in [0.15, 0.2) is 50.4 Å². The number of rotatable bonds is 5. The Hall–Kier alpha value is -1.86. The van der Waals surface area contributed by atoms with E-state index in [9.17, 15) is 9.90 Å². The Labute approximate surface area is 151 Å². The fourth-order valence-corrected chi connectivity index (χ4v) is 3.54. The summed E-state index contributed by atoms with van der Waals surface area (Å²) >= 11 is 6.92. The minimum atomic E-state index is -0.295. The lowest BCUT2D eigenvalue weighted by atomic mass is 10.2. The van der Waals surface area contributed by atoms with E-state index in [1.807, 2.05) is 19.1 Å². The van der Waals surface area contributed by atoms with Crippen molar-refractivity contribution in [3.8, 4) is 5.75 Å². The Morgan fingerprint density at radius 3 is 2.57 bits per heavy atom. The molecule has 23 heavy (non-hydrogen) atoms. The first-order chi connectivity index (χ1) is 11.0. The summed E-state index contributed by atoms with van der Waals surface area (Å²) in [6.45, 7) is 2.05. The Bertz CT molecular complexity index is 725. The number of aromatic hydroxyl groups is 1. The average molecular weight is 441 g/mol. The van der Waals surface area contributed by atoms with Gasteiger partial charge in [-0.3, -0.25) is 4.79 Å². The van der Waals surface area contributed by atoms with E-state index in [-0.39, 0.29) is 18.2 Å². The van der Waals surface area contributed by atoms with E-state index < -0.39 is 0 Å². The third-order valence-corrected chi connectivity index (χ3v) is 4.19. The summed E-state index contributed by atoms with van der Waals surface area (Å²) in [6, 6.07) is 10.7. The molecule has 0 fully saturated rings. The molecule has 0 bridgehead atoms. The van der Waals surface area contributed by atoms with E-state index >= 15 is 0 Å². The molecule has 0 heterocycles. The molecule has 0 aliphatic rings. The smallest absolute Gasteiger partial charge is 0.259 e. The number of carbonyl (C=O) groups is 1. The van der Waals surface area contributed by atoms with Crippen LogP contribution in [0.2, 0.25) is 0 Å². The number of phenolic OH excluding ortho intramolecular Hbond substituents is 1. The van der Waals surface area contributed by atoms with Crippen molar-refractivity contribution < 1.29 is 9.90 Å². The molecule has 0 radical (unpaired) electrons. The monoisotopic (exact) mass is 439 g/mol. The Balaban J connectivity index is 1.90. The first-order valence-corrected chi connectivity index (χ1v) is 8.35. The van der Waals surface area contributed by atoms with Gasteiger partial charge < -0.3 is 10.4 Å². The van der Waals surface area contributed by atoms with Crippen molar-refractivity contribution in [2.75, 3.05) is 11.9 Å². The van der Waals surface area contributed by atoms with E-state index in [2.05, 4.69) is 47.7 Å². The molecule has 120 valence electrons. The molecule has 2 rings (SSSR count). The topological polar surface area (TPSA) is 73.7 Å². The highest BCUT2D eigenvalue weighted by atomic mass is 79.9. The molecule has 0 aromatic heterocycles. The fraction of sp³-hybridized carbons (Fsp3) is 0.125. The van der Waals surface area contributed by atoms with Crippen LogP contribution in [-0.4, -0.2) is 23.8 Å². The molecule has 0 saturated heterocycles. The van der Waals surface area contributed by atoms with Crippen molar-refractivity contribution in [1.29, 1.82) is 0 Å². The predicted molar refractivity (Wildman–Crippen MR) is 98.9 cm³/mol. The first kappa shape index (κ1) is 17.5. The lowest BCUT2D eigenvalue weighted by Crippen LogP contribution is -2.26. The van der Waals surface area contributed by atoms with Gasteiger partial charge in [0.05, 0.1) is 18.4 Å². The van der Waals surface area contributed by atoms with Crippen LogP contribution in [0, 0.1) is 6.92 Å². The van der Waals surface area contributed by atoms with Gasteiger partial charge in [0.25, 0.3) is 5.91 Å². The minimum absolute atomic E-state index is 0.0678. The van der Waals surface area contributed by atoms with Gasteiger partial charge in [-0.2, -0.15) is 5.10 Å². The van der Waals surface area contributed by atoms with Gasteiger partial charge in [0.1, 0.15) is 5.75 Å². The normalized spacial score (nSPS) is 10.7. The Kier molecular flexibility index (Phi) is 6.18. The van der Waals surface area contributed by atoms with E-state index in [4.69, 9.17) is 0 Å². The first-order valence-electron chi connectivity index (χ1n) is 6.77. The summed E-state index contributed by atoms with van der Waals surface area (Å²) in [5.41, 5.74) is 4.84. The van der Waals surface area contributed by atoms with Crippen molar-refractivity contribution in [3.05, 3.63) is 56.5 Å². The van der Waals surface area contributed by atoms with E-state index in [0.717, 1.165) is 20.2 Å².